The van der Waals surface area contributed by atoms with E-state index in [4.69, 9.17) is 10.5 Å². The molecule has 0 spiro atoms. The molecular weight excluding hydrogens is 283 g/mol. The maximum atomic E-state index is 13.0. The number of anilines is 1. The fourth-order valence-electron chi connectivity index (χ4n) is 2.00. The summed E-state index contributed by atoms with van der Waals surface area (Å²) in [5.74, 6) is 0.414. The van der Waals surface area contributed by atoms with Crippen molar-refractivity contribution in [2.45, 2.75) is 18.6 Å². The first-order chi connectivity index (χ1) is 10.6. The van der Waals surface area contributed by atoms with E-state index in [9.17, 15) is 9.50 Å². The molecule has 0 radical (unpaired) electrons. The molecule has 22 heavy (non-hydrogen) atoms. The molecule has 4 nitrogen and oxygen atoms in total. The highest BCUT2D eigenvalue weighted by Gasteiger charge is 2.15. The summed E-state index contributed by atoms with van der Waals surface area (Å²) in [5, 5.41) is 13.1. The molecule has 0 amide bonds. The molecule has 0 fully saturated rings. The van der Waals surface area contributed by atoms with Crippen molar-refractivity contribution in [1.29, 1.82) is 0 Å². The van der Waals surface area contributed by atoms with Gasteiger partial charge in [0.15, 0.2) is 0 Å². The van der Waals surface area contributed by atoms with E-state index in [1.54, 1.807) is 12.1 Å². The summed E-state index contributed by atoms with van der Waals surface area (Å²) in [6.45, 7) is 0.693. The van der Waals surface area contributed by atoms with Gasteiger partial charge in [0.05, 0.1) is 0 Å². The lowest BCUT2D eigenvalue weighted by atomic mass is 10.1. The number of ether oxygens (including phenoxy) is 1. The monoisotopic (exact) mass is 304 g/mol. The fourth-order valence-corrected chi connectivity index (χ4v) is 2.00. The minimum atomic E-state index is -0.755. The second-order valence-electron chi connectivity index (χ2n) is 5.08. The third-order valence-corrected chi connectivity index (χ3v) is 3.29. The van der Waals surface area contributed by atoms with Crippen molar-refractivity contribution < 1.29 is 14.2 Å². The van der Waals surface area contributed by atoms with Crippen molar-refractivity contribution >= 4 is 5.69 Å². The van der Waals surface area contributed by atoms with E-state index in [1.807, 2.05) is 30.3 Å². The zero-order chi connectivity index (χ0) is 15.8. The summed E-state index contributed by atoms with van der Waals surface area (Å²) in [6, 6.07) is 15.1. The standard InChI is InChI=1S/C17H21FN2O2/c18-13-5-4-6-14(11-13)20-10-9-16(19)17(21)12-22-15-7-2-1-3-8-15/h1-8,11,16-17,20-21H,9-10,12,19H2. The second kappa shape index (κ2) is 8.36. The minimum Gasteiger partial charge on any atom is -0.491 e. The molecule has 0 aliphatic carbocycles. The van der Waals surface area contributed by atoms with Crippen molar-refractivity contribution in [2.75, 3.05) is 18.5 Å². The Balaban J connectivity index is 1.69. The Morgan fingerprint density at radius 3 is 2.64 bits per heavy atom. The number of hydrogen-bond donors (Lipinski definition) is 3. The molecule has 2 aromatic rings. The van der Waals surface area contributed by atoms with Gasteiger partial charge in [-0.05, 0) is 36.8 Å². The van der Waals surface area contributed by atoms with Crippen LogP contribution in [0.3, 0.4) is 0 Å². The maximum Gasteiger partial charge on any atom is 0.125 e. The number of rotatable bonds is 8. The SMILES string of the molecule is NC(CCNc1cccc(F)c1)C(O)COc1ccccc1. The normalized spacial score (nSPS) is 13.4. The number of nitrogens with one attached hydrogen (secondary N) is 1. The van der Waals surface area contributed by atoms with Crippen LogP contribution >= 0.6 is 0 Å². The third kappa shape index (κ3) is 5.35. The van der Waals surface area contributed by atoms with Gasteiger partial charge in [0.25, 0.3) is 0 Å². The number of benzene rings is 2. The summed E-state index contributed by atoms with van der Waals surface area (Å²) in [4.78, 5) is 0. The molecule has 5 heteroatoms. The molecule has 0 aromatic heterocycles. The van der Waals surface area contributed by atoms with Gasteiger partial charge in [-0.2, -0.15) is 0 Å². The van der Waals surface area contributed by atoms with Crippen LogP contribution in [0.25, 0.3) is 0 Å². The van der Waals surface area contributed by atoms with E-state index in [1.165, 1.54) is 12.1 Å². The van der Waals surface area contributed by atoms with Crippen LogP contribution in [-0.4, -0.2) is 30.4 Å². The maximum absolute atomic E-state index is 13.0. The number of halogens is 1. The van der Waals surface area contributed by atoms with Gasteiger partial charge in [-0.1, -0.05) is 24.3 Å². The molecule has 0 saturated carbocycles. The Kier molecular flexibility index (Phi) is 6.18. The number of para-hydroxylation sites is 1. The molecule has 0 bridgehead atoms. The van der Waals surface area contributed by atoms with E-state index < -0.39 is 12.1 Å². The van der Waals surface area contributed by atoms with Gasteiger partial charge in [-0.3, -0.25) is 0 Å². The molecular formula is C17H21FN2O2. The minimum absolute atomic E-state index is 0.144. The van der Waals surface area contributed by atoms with Gasteiger partial charge in [-0.25, -0.2) is 4.39 Å². The van der Waals surface area contributed by atoms with E-state index in [-0.39, 0.29) is 12.4 Å². The summed E-state index contributed by atoms with van der Waals surface area (Å²) in [7, 11) is 0. The average molecular weight is 304 g/mol. The molecule has 2 atom stereocenters. The van der Waals surface area contributed by atoms with Crippen LogP contribution in [0, 0.1) is 5.82 Å². The molecule has 0 aliphatic rings. The van der Waals surface area contributed by atoms with E-state index in [2.05, 4.69) is 5.32 Å². The number of aliphatic hydroxyl groups is 1. The van der Waals surface area contributed by atoms with Crippen molar-refractivity contribution in [1.82, 2.24) is 0 Å². The summed E-state index contributed by atoms with van der Waals surface area (Å²) in [6.07, 6.45) is -0.204. The van der Waals surface area contributed by atoms with Crippen LogP contribution in [-0.2, 0) is 0 Å². The highest BCUT2D eigenvalue weighted by molar-refractivity contribution is 5.42. The Morgan fingerprint density at radius 1 is 1.14 bits per heavy atom. The predicted octanol–water partition coefficient (Wildman–Crippen LogP) is 2.39. The number of hydrogen-bond acceptors (Lipinski definition) is 4. The van der Waals surface area contributed by atoms with Crippen molar-refractivity contribution in [3.05, 3.63) is 60.4 Å². The van der Waals surface area contributed by atoms with Crippen LogP contribution in [0.4, 0.5) is 10.1 Å². The predicted molar refractivity (Wildman–Crippen MR) is 85.4 cm³/mol. The second-order valence-corrected chi connectivity index (χ2v) is 5.08. The largest absolute Gasteiger partial charge is 0.491 e. The van der Waals surface area contributed by atoms with Gasteiger partial charge in [0.2, 0.25) is 0 Å². The molecule has 2 unspecified atom stereocenters. The van der Waals surface area contributed by atoms with E-state index in [0.717, 1.165) is 0 Å². The van der Waals surface area contributed by atoms with Gasteiger partial charge >= 0.3 is 0 Å². The van der Waals surface area contributed by atoms with Crippen LogP contribution in [0.2, 0.25) is 0 Å². The van der Waals surface area contributed by atoms with Gasteiger partial charge in [0.1, 0.15) is 24.3 Å². The highest BCUT2D eigenvalue weighted by Crippen LogP contribution is 2.11. The Bertz CT molecular complexity index is 566. The molecule has 2 rings (SSSR count). The van der Waals surface area contributed by atoms with Crippen LogP contribution in [0.15, 0.2) is 54.6 Å². The van der Waals surface area contributed by atoms with Crippen LogP contribution in [0.1, 0.15) is 6.42 Å². The number of aliphatic hydroxyl groups excluding tert-OH is 1. The van der Waals surface area contributed by atoms with Crippen molar-refractivity contribution in [3.8, 4) is 5.75 Å². The Morgan fingerprint density at radius 2 is 1.91 bits per heavy atom. The first-order valence-corrected chi connectivity index (χ1v) is 7.26. The molecule has 0 saturated heterocycles. The third-order valence-electron chi connectivity index (χ3n) is 3.29. The zero-order valence-corrected chi connectivity index (χ0v) is 12.3. The summed E-state index contributed by atoms with van der Waals surface area (Å²) >= 11 is 0. The number of nitrogens with two attached hydrogens (primary N) is 1. The molecule has 0 heterocycles. The van der Waals surface area contributed by atoms with Crippen LogP contribution < -0.4 is 15.8 Å². The quantitative estimate of drug-likeness (QED) is 0.700. The lowest BCUT2D eigenvalue weighted by Gasteiger charge is -2.19. The summed E-state index contributed by atoms with van der Waals surface area (Å²) < 4.78 is 18.5. The smallest absolute Gasteiger partial charge is 0.125 e. The zero-order valence-electron chi connectivity index (χ0n) is 12.3. The summed E-state index contributed by atoms with van der Waals surface area (Å²) in [5.41, 5.74) is 6.63. The first-order valence-electron chi connectivity index (χ1n) is 7.26. The van der Waals surface area contributed by atoms with Crippen molar-refractivity contribution in [3.63, 3.8) is 0 Å². The highest BCUT2D eigenvalue weighted by atomic mass is 19.1. The molecule has 118 valence electrons. The molecule has 0 aliphatic heterocycles. The first kappa shape index (κ1) is 16.3. The lowest BCUT2D eigenvalue weighted by molar-refractivity contribution is 0.0836. The van der Waals surface area contributed by atoms with E-state index >= 15 is 0 Å². The average Bonchev–Trinajstić information content (AvgIpc) is 2.53. The fraction of sp³-hybridized carbons (Fsp3) is 0.294. The Hall–Kier alpha value is -2.11. The van der Waals surface area contributed by atoms with Crippen molar-refractivity contribution in [2.24, 2.45) is 5.73 Å². The molecule has 2 aromatic carbocycles. The Labute approximate surface area is 129 Å². The van der Waals surface area contributed by atoms with Crippen LogP contribution in [0.5, 0.6) is 5.75 Å². The topological polar surface area (TPSA) is 67.5 Å². The molecule has 4 N–H and O–H groups in total. The van der Waals surface area contributed by atoms with Gasteiger partial charge < -0.3 is 20.9 Å². The van der Waals surface area contributed by atoms with Gasteiger partial charge in [0, 0.05) is 18.3 Å². The van der Waals surface area contributed by atoms with E-state index in [0.29, 0.717) is 24.4 Å². The lowest BCUT2D eigenvalue weighted by Crippen LogP contribution is -2.40. The van der Waals surface area contributed by atoms with Gasteiger partial charge in [-0.15, -0.1) is 0 Å².